The van der Waals surface area contributed by atoms with Crippen molar-refractivity contribution < 1.29 is 37.0 Å². The van der Waals surface area contributed by atoms with Crippen LogP contribution in [0.4, 0.5) is 18.9 Å². The van der Waals surface area contributed by atoms with E-state index < -0.39 is 47.3 Å². The highest BCUT2D eigenvalue weighted by atomic mass is 35.5. The summed E-state index contributed by atoms with van der Waals surface area (Å²) in [7, 11) is 0. The number of nitrogens with zero attached hydrogens (tertiary/aromatic N) is 2. The van der Waals surface area contributed by atoms with Crippen LogP contribution >= 0.6 is 12.4 Å². The van der Waals surface area contributed by atoms with Gasteiger partial charge in [0, 0.05) is 31.2 Å². The van der Waals surface area contributed by atoms with Gasteiger partial charge in [-0.05, 0) is 37.1 Å². The molecule has 3 rings (SSSR count). The molecule has 0 bridgehead atoms. The molecule has 1 aliphatic rings. The van der Waals surface area contributed by atoms with Gasteiger partial charge in [-0.3, -0.25) is 9.59 Å². The van der Waals surface area contributed by atoms with Crippen molar-refractivity contribution in [2.24, 2.45) is 10.8 Å². The Morgan fingerprint density at radius 1 is 1.16 bits per heavy atom. The van der Waals surface area contributed by atoms with E-state index in [1.165, 1.54) is 6.21 Å². The Balaban J connectivity index is 0.00000481. The molecule has 2 amide bonds. The smallest absolute Gasteiger partial charge is 0.344 e. The number of benzene rings is 2. The highest BCUT2D eigenvalue weighted by molar-refractivity contribution is 6.00. The van der Waals surface area contributed by atoms with Crippen LogP contribution in [0.15, 0.2) is 41.5 Å². The molecule has 1 unspecified atom stereocenters. The van der Waals surface area contributed by atoms with E-state index in [9.17, 15) is 27.6 Å². The van der Waals surface area contributed by atoms with Gasteiger partial charge in [-0.2, -0.15) is 5.10 Å². The lowest BCUT2D eigenvalue weighted by Gasteiger charge is -2.23. The average molecular weight is 543 g/mol. The molecule has 200 valence electrons. The van der Waals surface area contributed by atoms with Gasteiger partial charge in [0.15, 0.2) is 18.2 Å². The topological polar surface area (TPSA) is 123 Å². The fraction of sp³-hybridized carbons (Fsp3) is 0.333. The van der Waals surface area contributed by atoms with E-state index in [2.05, 4.69) is 10.4 Å². The molecule has 2 aromatic rings. The Bertz CT molecular complexity index is 1170. The van der Waals surface area contributed by atoms with Crippen molar-refractivity contribution >= 4 is 42.1 Å². The minimum atomic E-state index is -1.32. The highest BCUT2D eigenvalue weighted by Crippen LogP contribution is 2.25. The summed E-state index contributed by atoms with van der Waals surface area (Å²) in [5.41, 5.74) is 6.04. The van der Waals surface area contributed by atoms with E-state index in [1.54, 1.807) is 31.2 Å². The summed E-state index contributed by atoms with van der Waals surface area (Å²) in [4.78, 5) is 37.3. The molecule has 0 spiro atoms. The number of halogens is 4. The quantitative estimate of drug-likeness (QED) is 0.351. The molecular weight excluding hydrogens is 517 g/mol. The molecule has 0 saturated carbocycles. The van der Waals surface area contributed by atoms with Gasteiger partial charge in [0.1, 0.15) is 17.6 Å². The van der Waals surface area contributed by atoms with Crippen molar-refractivity contribution in [3.63, 3.8) is 0 Å². The molecule has 2 aromatic carbocycles. The molecule has 37 heavy (non-hydrogen) atoms. The molecule has 0 radical (unpaired) electrons. The second-order valence-electron chi connectivity index (χ2n) is 7.89. The molecule has 1 aliphatic heterocycles. The fourth-order valence-corrected chi connectivity index (χ4v) is 3.52. The molecule has 2 atom stereocenters. The predicted molar refractivity (Wildman–Crippen MR) is 131 cm³/mol. The monoisotopic (exact) mass is 542 g/mol. The zero-order valence-corrected chi connectivity index (χ0v) is 20.6. The summed E-state index contributed by atoms with van der Waals surface area (Å²) in [6.45, 7) is 1.51. The minimum Gasteiger partial charge on any atom is -0.480 e. The van der Waals surface area contributed by atoms with Crippen molar-refractivity contribution in [1.29, 1.82) is 0 Å². The lowest BCUT2D eigenvalue weighted by atomic mass is 10.0. The van der Waals surface area contributed by atoms with E-state index in [-0.39, 0.29) is 61.9 Å². The van der Waals surface area contributed by atoms with Crippen molar-refractivity contribution in [2.45, 2.75) is 38.3 Å². The normalized spacial score (nSPS) is 15.1. The zero-order valence-electron chi connectivity index (χ0n) is 19.8. The van der Waals surface area contributed by atoms with Gasteiger partial charge in [0.05, 0.1) is 12.3 Å². The Labute approximate surface area is 217 Å². The number of anilines is 1. The molecule has 0 aliphatic carbocycles. The summed E-state index contributed by atoms with van der Waals surface area (Å²) in [6.07, 6.45) is 0.982. The number of ether oxygens (including phenoxy) is 2. The summed E-state index contributed by atoms with van der Waals surface area (Å²) in [5, 5.41) is 7.58. The number of carbonyl (C=O) groups excluding carboxylic acids is 3. The van der Waals surface area contributed by atoms with Crippen LogP contribution < -0.4 is 15.8 Å². The number of para-hydroxylation sites is 2. The molecule has 13 heteroatoms. The van der Waals surface area contributed by atoms with Crippen LogP contribution in [0.1, 0.15) is 25.3 Å². The van der Waals surface area contributed by atoms with Crippen LogP contribution in [0, 0.1) is 17.5 Å². The summed E-state index contributed by atoms with van der Waals surface area (Å²) >= 11 is 0. The largest absolute Gasteiger partial charge is 0.480 e. The van der Waals surface area contributed by atoms with Crippen molar-refractivity contribution in [3.05, 3.63) is 59.4 Å². The van der Waals surface area contributed by atoms with Crippen molar-refractivity contribution in [3.8, 4) is 5.75 Å². The standard InChI is InChI=1S/C24H25F3N4O5.ClH/c1-2-35-23(33)13-36-21-6-4-3-5-19(21)30-24(34)20-7-8-29-31(20)22(32)11-15(28)9-14-10-17(26)18(27)12-16(14)25;/h3-6,8,10,12,15,20H,2,7,9,11,13,28H2,1H3,(H,30,34);1H/t15-,20?;/m1./s1. The van der Waals surface area contributed by atoms with Crippen molar-refractivity contribution in [2.75, 3.05) is 18.5 Å². The van der Waals surface area contributed by atoms with Gasteiger partial charge in [-0.25, -0.2) is 23.0 Å². The van der Waals surface area contributed by atoms with E-state index in [1.807, 2.05) is 0 Å². The maximum absolute atomic E-state index is 13.9. The lowest BCUT2D eigenvalue weighted by Crippen LogP contribution is -2.43. The maximum atomic E-state index is 13.9. The number of hydrazone groups is 1. The first-order valence-electron chi connectivity index (χ1n) is 11.1. The van der Waals surface area contributed by atoms with Crippen LogP contribution in [-0.2, 0) is 25.5 Å². The van der Waals surface area contributed by atoms with Crippen molar-refractivity contribution in [1.82, 2.24) is 5.01 Å². The molecule has 3 N–H and O–H groups in total. The second kappa shape index (κ2) is 13.6. The third kappa shape index (κ3) is 7.92. The summed E-state index contributed by atoms with van der Waals surface area (Å²) < 4.78 is 50.7. The SMILES string of the molecule is CCOC(=O)COc1ccccc1NC(=O)C1CC=NN1C(=O)C[C@H](N)Cc1cc(F)c(F)cc1F.Cl. The first-order valence-corrected chi connectivity index (χ1v) is 11.1. The van der Waals surface area contributed by atoms with Gasteiger partial charge in [-0.15, -0.1) is 12.4 Å². The van der Waals surface area contributed by atoms with Crippen LogP contribution in [-0.4, -0.2) is 54.3 Å². The van der Waals surface area contributed by atoms with Gasteiger partial charge in [0.2, 0.25) is 11.8 Å². The number of nitrogens with one attached hydrogen (secondary N) is 1. The van der Waals surface area contributed by atoms with Gasteiger partial charge in [0.25, 0.3) is 0 Å². The highest BCUT2D eigenvalue weighted by Gasteiger charge is 2.33. The molecular formula is C24H26ClF3N4O5. The fourth-order valence-electron chi connectivity index (χ4n) is 3.52. The third-order valence-corrected chi connectivity index (χ3v) is 5.19. The molecule has 0 saturated heterocycles. The number of rotatable bonds is 10. The Morgan fingerprint density at radius 3 is 2.59 bits per heavy atom. The lowest BCUT2D eigenvalue weighted by molar-refractivity contribution is -0.145. The van der Waals surface area contributed by atoms with E-state index in [0.29, 0.717) is 12.1 Å². The number of hydrogen-bond acceptors (Lipinski definition) is 7. The summed E-state index contributed by atoms with van der Waals surface area (Å²) in [5.74, 6) is -5.03. The van der Waals surface area contributed by atoms with Crippen LogP contribution in [0.2, 0.25) is 0 Å². The van der Waals surface area contributed by atoms with E-state index in [4.69, 9.17) is 15.2 Å². The predicted octanol–water partition coefficient (Wildman–Crippen LogP) is 2.95. The summed E-state index contributed by atoms with van der Waals surface area (Å²) in [6, 6.07) is 5.61. The first-order chi connectivity index (χ1) is 17.2. The number of hydrogen-bond donors (Lipinski definition) is 2. The van der Waals surface area contributed by atoms with Gasteiger partial charge in [-0.1, -0.05) is 12.1 Å². The van der Waals surface area contributed by atoms with Gasteiger partial charge < -0.3 is 20.5 Å². The number of amides is 2. The number of nitrogens with two attached hydrogens (primary N) is 1. The van der Waals surface area contributed by atoms with Gasteiger partial charge >= 0.3 is 5.97 Å². The zero-order chi connectivity index (χ0) is 26.2. The third-order valence-electron chi connectivity index (χ3n) is 5.19. The Morgan fingerprint density at radius 2 is 1.86 bits per heavy atom. The average Bonchev–Trinajstić information content (AvgIpc) is 3.32. The minimum absolute atomic E-state index is 0. The molecule has 0 aromatic heterocycles. The van der Waals surface area contributed by atoms with Crippen LogP contribution in [0.3, 0.4) is 0 Å². The van der Waals surface area contributed by atoms with E-state index in [0.717, 1.165) is 5.01 Å². The first kappa shape index (κ1) is 29.6. The maximum Gasteiger partial charge on any atom is 0.344 e. The Kier molecular flexibility index (Phi) is 10.9. The number of esters is 1. The molecule has 1 heterocycles. The van der Waals surface area contributed by atoms with E-state index >= 15 is 0 Å². The van der Waals surface area contributed by atoms with Crippen LogP contribution in [0.5, 0.6) is 5.75 Å². The molecule has 9 nitrogen and oxygen atoms in total. The Hall–Kier alpha value is -3.64. The van der Waals surface area contributed by atoms with Crippen LogP contribution in [0.25, 0.3) is 0 Å². The second-order valence-corrected chi connectivity index (χ2v) is 7.89. The number of carbonyl (C=O) groups is 3. The molecule has 0 fully saturated rings.